The standard InChI is InChI=1S/C11H21O3Si.3C4H9.Sn/c1-11(2,3)15(4,5)14-8-10-9(12)6-7-13-10;3*1-3-4-2;/h6,9-10,12H,8H2,1-5H3;3*1,3-4H2,2H3;/t9-,10+;;;;/m0..../s1. The molecular weight excluding hydrogens is 471 g/mol. The zero-order valence-corrected chi connectivity index (χ0v) is 23.9. The summed E-state index contributed by atoms with van der Waals surface area (Å²) in [5.74, 6) is 0. The van der Waals surface area contributed by atoms with Crippen LogP contribution in [0, 0.1) is 0 Å². The van der Waals surface area contributed by atoms with E-state index in [9.17, 15) is 5.11 Å². The molecular formula is C23H48O3SiSn. The normalized spacial score (nSPS) is 21.0. The molecule has 0 spiro atoms. The third-order valence-corrected chi connectivity index (χ3v) is 26.5. The first-order valence-corrected chi connectivity index (χ1v) is 22.1. The van der Waals surface area contributed by atoms with E-state index in [4.69, 9.17) is 9.16 Å². The van der Waals surface area contributed by atoms with Gasteiger partial charge in [0.15, 0.2) is 0 Å². The van der Waals surface area contributed by atoms with Gasteiger partial charge in [0.25, 0.3) is 0 Å². The van der Waals surface area contributed by atoms with E-state index in [-0.39, 0.29) is 11.1 Å². The minimum absolute atomic E-state index is 0.180. The summed E-state index contributed by atoms with van der Waals surface area (Å²) in [6.07, 6.45) is 9.10. The van der Waals surface area contributed by atoms with Gasteiger partial charge in [0.1, 0.15) is 0 Å². The molecule has 0 unspecified atom stereocenters. The van der Waals surface area contributed by atoms with Crippen molar-refractivity contribution >= 4 is 26.7 Å². The number of unbranched alkanes of at least 4 members (excludes halogenated alkanes) is 3. The number of aliphatic hydroxyl groups excluding tert-OH is 1. The van der Waals surface area contributed by atoms with E-state index in [2.05, 4.69) is 60.7 Å². The van der Waals surface area contributed by atoms with Gasteiger partial charge < -0.3 is 0 Å². The zero-order valence-electron chi connectivity index (χ0n) is 20.1. The predicted octanol–water partition coefficient (Wildman–Crippen LogP) is 7.04. The summed E-state index contributed by atoms with van der Waals surface area (Å²) < 4.78 is 18.3. The van der Waals surface area contributed by atoms with Crippen LogP contribution in [0.25, 0.3) is 0 Å². The summed E-state index contributed by atoms with van der Waals surface area (Å²) in [5, 5.41) is 10.9. The first-order valence-electron chi connectivity index (χ1n) is 11.7. The first kappa shape index (κ1) is 26.5. The fraction of sp³-hybridized carbons (Fsp3) is 0.913. The Hall–Kier alpha value is 0.476. The molecule has 3 nitrogen and oxygen atoms in total. The molecule has 0 bridgehead atoms. The van der Waals surface area contributed by atoms with Gasteiger partial charge in [-0.05, 0) is 0 Å². The summed E-state index contributed by atoms with van der Waals surface area (Å²) >= 11 is -2.60. The van der Waals surface area contributed by atoms with Crippen molar-refractivity contribution in [2.24, 2.45) is 0 Å². The maximum absolute atomic E-state index is 10.8. The Morgan fingerprint density at radius 3 is 1.86 bits per heavy atom. The Morgan fingerprint density at radius 2 is 1.46 bits per heavy atom. The predicted molar refractivity (Wildman–Crippen MR) is 127 cm³/mol. The van der Waals surface area contributed by atoms with Crippen molar-refractivity contribution in [3.8, 4) is 0 Å². The third-order valence-electron chi connectivity index (χ3n) is 6.95. The van der Waals surface area contributed by atoms with Crippen molar-refractivity contribution in [2.45, 2.75) is 124 Å². The Bertz CT molecular complexity index is 463. The second kappa shape index (κ2) is 11.8. The van der Waals surface area contributed by atoms with Crippen LogP contribution in [0.2, 0.25) is 31.4 Å². The zero-order chi connectivity index (χ0) is 21.4. The van der Waals surface area contributed by atoms with Crippen molar-refractivity contribution in [3.05, 3.63) is 9.85 Å². The van der Waals surface area contributed by atoms with Gasteiger partial charge in [-0.2, -0.15) is 0 Å². The number of rotatable bonds is 13. The second-order valence-electron chi connectivity index (χ2n) is 10.3. The number of ether oxygens (including phenoxy) is 1. The fourth-order valence-electron chi connectivity index (χ4n) is 3.77. The molecule has 0 saturated heterocycles. The molecule has 0 aliphatic carbocycles. The molecule has 0 aromatic rings. The molecule has 1 heterocycles. The van der Waals surface area contributed by atoms with Crippen LogP contribution in [0.15, 0.2) is 9.85 Å². The first-order chi connectivity index (χ1) is 13.0. The van der Waals surface area contributed by atoms with E-state index in [0.717, 1.165) is 0 Å². The van der Waals surface area contributed by atoms with Crippen LogP contribution in [0.4, 0.5) is 0 Å². The Kier molecular flexibility index (Phi) is 11.1. The fourth-order valence-corrected chi connectivity index (χ4v) is 20.5. The number of aliphatic hydroxyl groups is 1. The van der Waals surface area contributed by atoms with Crippen LogP contribution in [-0.4, -0.2) is 50.6 Å². The summed E-state index contributed by atoms with van der Waals surface area (Å²) in [6.45, 7) is 18.7. The van der Waals surface area contributed by atoms with Crippen LogP contribution < -0.4 is 0 Å². The molecule has 0 aromatic carbocycles. The van der Waals surface area contributed by atoms with Gasteiger partial charge in [0.2, 0.25) is 0 Å². The maximum atomic E-state index is 10.8. The van der Waals surface area contributed by atoms with Gasteiger partial charge in [-0.3, -0.25) is 0 Å². The van der Waals surface area contributed by atoms with Gasteiger partial charge in [-0.15, -0.1) is 0 Å². The topological polar surface area (TPSA) is 38.7 Å². The van der Waals surface area contributed by atoms with Crippen molar-refractivity contribution < 1.29 is 14.3 Å². The molecule has 0 aromatic heterocycles. The molecule has 28 heavy (non-hydrogen) atoms. The van der Waals surface area contributed by atoms with Crippen LogP contribution in [0.3, 0.4) is 0 Å². The van der Waals surface area contributed by atoms with Crippen molar-refractivity contribution in [3.63, 3.8) is 0 Å². The molecule has 0 amide bonds. The Labute approximate surface area is 180 Å². The van der Waals surface area contributed by atoms with Crippen LogP contribution in [0.1, 0.15) is 80.1 Å². The van der Waals surface area contributed by atoms with Crippen molar-refractivity contribution in [1.29, 1.82) is 0 Å². The average Bonchev–Trinajstić information content (AvgIpc) is 3.00. The summed E-state index contributed by atoms with van der Waals surface area (Å²) in [4.78, 5) is 0. The Balaban J connectivity index is 2.92. The van der Waals surface area contributed by atoms with E-state index in [1.807, 2.05) is 0 Å². The van der Waals surface area contributed by atoms with Gasteiger partial charge in [0.05, 0.1) is 0 Å². The second-order valence-corrected chi connectivity index (χ2v) is 28.1. The van der Waals surface area contributed by atoms with E-state index in [1.54, 1.807) is 0 Å². The minimum atomic E-state index is -2.60. The number of hydrogen-bond acceptors (Lipinski definition) is 3. The summed E-state index contributed by atoms with van der Waals surface area (Å²) in [7, 11) is -1.83. The summed E-state index contributed by atoms with van der Waals surface area (Å²) in [5.41, 5.74) is 0. The monoisotopic (exact) mass is 520 g/mol. The average molecular weight is 519 g/mol. The van der Waals surface area contributed by atoms with E-state index in [0.29, 0.717) is 6.61 Å². The van der Waals surface area contributed by atoms with E-state index < -0.39 is 32.8 Å². The number of hydrogen-bond donors (Lipinski definition) is 1. The van der Waals surface area contributed by atoms with Crippen LogP contribution in [0.5, 0.6) is 0 Å². The quantitative estimate of drug-likeness (QED) is 0.265. The molecule has 1 N–H and O–H groups in total. The van der Waals surface area contributed by atoms with Crippen LogP contribution >= 0.6 is 0 Å². The van der Waals surface area contributed by atoms with Crippen molar-refractivity contribution in [1.82, 2.24) is 0 Å². The molecule has 0 saturated carbocycles. The van der Waals surface area contributed by atoms with Gasteiger partial charge in [-0.25, -0.2) is 0 Å². The van der Waals surface area contributed by atoms with Gasteiger partial charge in [0, 0.05) is 0 Å². The molecule has 166 valence electrons. The molecule has 5 heteroatoms. The van der Waals surface area contributed by atoms with E-state index >= 15 is 0 Å². The SMILES string of the molecule is CCC[CH2][Sn]([CH2]CCC)([CH2]CCC)[C]1=C[C@H](O)[C@@H](CO[Si](C)(C)C(C)(C)C)O1. The van der Waals surface area contributed by atoms with Crippen LogP contribution in [-0.2, 0) is 9.16 Å². The summed E-state index contributed by atoms with van der Waals surface area (Å²) in [6, 6.07) is 0. The van der Waals surface area contributed by atoms with E-state index in [1.165, 1.54) is 55.6 Å². The molecule has 2 atom stereocenters. The van der Waals surface area contributed by atoms with Gasteiger partial charge >= 0.3 is 181 Å². The molecule has 1 rings (SSSR count). The molecule has 0 radical (unpaired) electrons. The van der Waals surface area contributed by atoms with Crippen molar-refractivity contribution in [2.75, 3.05) is 6.61 Å². The molecule has 1 aliphatic heterocycles. The molecule has 1 aliphatic rings. The van der Waals surface area contributed by atoms with Gasteiger partial charge in [-0.1, -0.05) is 0 Å². The molecule has 0 fully saturated rings. The third kappa shape index (κ3) is 7.31. The Morgan fingerprint density at radius 1 is 1.00 bits per heavy atom.